The van der Waals surface area contributed by atoms with Crippen LogP contribution in [0.25, 0.3) is 28.2 Å². The summed E-state index contributed by atoms with van der Waals surface area (Å²) in [5, 5.41) is 9.98. The largest absolute Gasteiger partial charge is 0.396 e. The standard InChI is InChI=1S/C19H21N5O2/c1-12-3-5-13(6-4-12)16-14(7-8-15(20)26)24(9-2-10-25)19-17(16)18(21)22-11-23-19/h3-8,11,25H,2,9-10H2,1H3,(H2,20,26)(H2,21,22,23)/b8-7+. The van der Waals surface area contributed by atoms with Gasteiger partial charge < -0.3 is 21.1 Å². The quantitative estimate of drug-likeness (QED) is 0.586. The number of amides is 1. The molecular weight excluding hydrogens is 330 g/mol. The first kappa shape index (κ1) is 17.6. The van der Waals surface area contributed by atoms with Gasteiger partial charge in [-0.3, -0.25) is 4.79 Å². The monoisotopic (exact) mass is 351 g/mol. The molecule has 2 aromatic heterocycles. The number of hydrogen-bond acceptors (Lipinski definition) is 5. The van der Waals surface area contributed by atoms with E-state index < -0.39 is 5.91 Å². The smallest absolute Gasteiger partial charge is 0.241 e. The number of nitrogen functional groups attached to an aromatic ring is 1. The topological polar surface area (TPSA) is 120 Å². The summed E-state index contributed by atoms with van der Waals surface area (Å²) < 4.78 is 1.93. The SMILES string of the molecule is Cc1ccc(-c2c(/C=C/C(N)=O)n(CCCO)c3ncnc(N)c23)cc1. The Hall–Kier alpha value is -3.19. The van der Waals surface area contributed by atoms with Gasteiger partial charge in [-0.2, -0.15) is 0 Å². The first-order chi connectivity index (χ1) is 12.5. The van der Waals surface area contributed by atoms with Crippen molar-refractivity contribution in [2.45, 2.75) is 19.9 Å². The normalized spacial score (nSPS) is 11.5. The van der Waals surface area contributed by atoms with Gasteiger partial charge in [0.15, 0.2) is 0 Å². The molecule has 1 amide bonds. The van der Waals surface area contributed by atoms with Crippen LogP contribution in [0.4, 0.5) is 5.82 Å². The lowest BCUT2D eigenvalue weighted by molar-refractivity contribution is -0.113. The van der Waals surface area contributed by atoms with E-state index in [1.807, 2.05) is 35.8 Å². The minimum Gasteiger partial charge on any atom is -0.396 e. The van der Waals surface area contributed by atoms with E-state index in [1.54, 1.807) is 6.08 Å². The number of benzene rings is 1. The third kappa shape index (κ3) is 3.29. The second kappa shape index (κ2) is 7.37. The number of nitrogens with zero attached hydrogens (tertiary/aromatic N) is 3. The van der Waals surface area contributed by atoms with Crippen LogP contribution in [0.1, 0.15) is 17.7 Å². The highest BCUT2D eigenvalue weighted by Crippen LogP contribution is 2.37. The summed E-state index contributed by atoms with van der Waals surface area (Å²) in [6.45, 7) is 2.58. The molecule has 0 spiro atoms. The number of rotatable bonds is 6. The molecule has 2 heterocycles. The van der Waals surface area contributed by atoms with Gasteiger partial charge in [0, 0.05) is 24.8 Å². The number of aryl methyl sites for hydroxylation is 2. The number of carbonyl (C=O) groups is 1. The number of aliphatic hydroxyl groups is 1. The summed E-state index contributed by atoms with van der Waals surface area (Å²) in [6, 6.07) is 8.00. The average molecular weight is 351 g/mol. The Morgan fingerprint density at radius 1 is 1.27 bits per heavy atom. The van der Waals surface area contributed by atoms with Crippen molar-refractivity contribution in [3.05, 3.63) is 47.9 Å². The Morgan fingerprint density at radius 3 is 2.65 bits per heavy atom. The third-order valence-electron chi connectivity index (χ3n) is 4.19. The van der Waals surface area contributed by atoms with Gasteiger partial charge in [0.2, 0.25) is 5.91 Å². The van der Waals surface area contributed by atoms with Crippen molar-refractivity contribution in [2.75, 3.05) is 12.3 Å². The molecule has 0 fully saturated rings. The van der Waals surface area contributed by atoms with Crippen LogP contribution in [0.3, 0.4) is 0 Å². The van der Waals surface area contributed by atoms with Crippen LogP contribution in [0.5, 0.6) is 0 Å². The first-order valence-electron chi connectivity index (χ1n) is 8.31. The molecule has 134 valence electrons. The molecule has 0 atom stereocenters. The molecule has 3 rings (SSSR count). The zero-order valence-corrected chi connectivity index (χ0v) is 14.5. The van der Waals surface area contributed by atoms with Crippen molar-refractivity contribution < 1.29 is 9.90 Å². The fourth-order valence-electron chi connectivity index (χ4n) is 3.01. The molecule has 0 aliphatic heterocycles. The number of hydrogen-bond donors (Lipinski definition) is 3. The third-order valence-corrected chi connectivity index (χ3v) is 4.19. The zero-order chi connectivity index (χ0) is 18.7. The maximum Gasteiger partial charge on any atom is 0.241 e. The highest BCUT2D eigenvalue weighted by atomic mass is 16.3. The molecule has 1 aromatic carbocycles. The van der Waals surface area contributed by atoms with Crippen molar-refractivity contribution in [3.63, 3.8) is 0 Å². The van der Waals surface area contributed by atoms with E-state index in [-0.39, 0.29) is 6.61 Å². The zero-order valence-electron chi connectivity index (χ0n) is 14.5. The van der Waals surface area contributed by atoms with Crippen molar-refractivity contribution >= 4 is 28.8 Å². The lowest BCUT2D eigenvalue weighted by atomic mass is 10.0. The molecule has 0 saturated heterocycles. The number of aromatic nitrogens is 3. The van der Waals surface area contributed by atoms with Crippen LogP contribution in [0.15, 0.2) is 36.7 Å². The van der Waals surface area contributed by atoms with Gasteiger partial charge in [0.1, 0.15) is 17.8 Å². The molecule has 0 bridgehead atoms. The minimum atomic E-state index is -0.544. The fourth-order valence-corrected chi connectivity index (χ4v) is 3.01. The van der Waals surface area contributed by atoms with E-state index in [0.29, 0.717) is 24.4 Å². The number of aliphatic hydroxyl groups excluding tert-OH is 1. The molecule has 5 N–H and O–H groups in total. The fraction of sp³-hybridized carbons (Fsp3) is 0.211. The van der Waals surface area contributed by atoms with Crippen molar-refractivity contribution in [2.24, 2.45) is 5.73 Å². The second-order valence-electron chi connectivity index (χ2n) is 6.05. The van der Waals surface area contributed by atoms with E-state index >= 15 is 0 Å². The molecular formula is C19H21N5O2. The van der Waals surface area contributed by atoms with Crippen molar-refractivity contribution in [1.82, 2.24) is 14.5 Å². The van der Waals surface area contributed by atoms with E-state index in [4.69, 9.17) is 11.5 Å². The van der Waals surface area contributed by atoms with E-state index in [2.05, 4.69) is 9.97 Å². The molecule has 0 aliphatic rings. The van der Waals surface area contributed by atoms with Gasteiger partial charge >= 0.3 is 0 Å². The Labute approximate surface area is 151 Å². The highest BCUT2D eigenvalue weighted by molar-refractivity contribution is 6.05. The summed E-state index contributed by atoms with van der Waals surface area (Å²) >= 11 is 0. The number of fused-ring (bicyclic) bond motifs is 1. The van der Waals surface area contributed by atoms with Gasteiger partial charge in [0.05, 0.1) is 11.1 Å². The Balaban J connectivity index is 2.36. The molecule has 0 aliphatic carbocycles. The number of anilines is 1. The summed E-state index contributed by atoms with van der Waals surface area (Å²) in [5.41, 5.74) is 15.8. The number of nitrogens with two attached hydrogens (primary N) is 2. The molecule has 0 radical (unpaired) electrons. The lowest BCUT2D eigenvalue weighted by Gasteiger charge is -2.08. The lowest BCUT2D eigenvalue weighted by Crippen LogP contribution is -2.07. The predicted molar refractivity (Wildman–Crippen MR) is 102 cm³/mol. The molecule has 7 heteroatoms. The highest BCUT2D eigenvalue weighted by Gasteiger charge is 2.20. The van der Waals surface area contributed by atoms with Gasteiger partial charge in [-0.1, -0.05) is 29.8 Å². The van der Waals surface area contributed by atoms with Crippen LogP contribution >= 0.6 is 0 Å². The van der Waals surface area contributed by atoms with Gasteiger partial charge in [-0.25, -0.2) is 9.97 Å². The Bertz CT molecular complexity index is 974. The van der Waals surface area contributed by atoms with Crippen LogP contribution in [-0.4, -0.2) is 32.2 Å². The summed E-state index contributed by atoms with van der Waals surface area (Å²) in [5.74, 6) is -0.181. The summed E-state index contributed by atoms with van der Waals surface area (Å²) in [6.07, 6.45) is 4.92. The Morgan fingerprint density at radius 2 is 2.00 bits per heavy atom. The average Bonchev–Trinajstić information content (AvgIpc) is 2.93. The second-order valence-corrected chi connectivity index (χ2v) is 6.05. The molecule has 3 aromatic rings. The van der Waals surface area contributed by atoms with Crippen molar-refractivity contribution in [3.8, 4) is 11.1 Å². The Kier molecular flexibility index (Phi) is 4.99. The predicted octanol–water partition coefficient (Wildman–Crippen LogP) is 1.87. The first-order valence-corrected chi connectivity index (χ1v) is 8.31. The number of carbonyl (C=O) groups excluding carboxylic acids is 1. The van der Waals surface area contributed by atoms with Crippen molar-refractivity contribution in [1.29, 1.82) is 0 Å². The minimum absolute atomic E-state index is 0.0408. The molecule has 7 nitrogen and oxygen atoms in total. The van der Waals surface area contributed by atoms with Gasteiger partial charge in [-0.15, -0.1) is 0 Å². The molecule has 26 heavy (non-hydrogen) atoms. The molecule has 0 unspecified atom stereocenters. The van der Waals surface area contributed by atoms with Crippen LogP contribution in [0.2, 0.25) is 0 Å². The summed E-state index contributed by atoms with van der Waals surface area (Å²) in [7, 11) is 0. The summed E-state index contributed by atoms with van der Waals surface area (Å²) in [4.78, 5) is 19.8. The van der Waals surface area contributed by atoms with Crippen LogP contribution in [-0.2, 0) is 11.3 Å². The maximum atomic E-state index is 11.3. The van der Waals surface area contributed by atoms with E-state index in [1.165, 1.54) is 12.4 Å². The van der Waals surface area contributed by atoms with Crippen LogP contribution < -0.4 is 11.5 Å². The van der Waals surface area contributed by atoms with Gasteiger partial charge in [-0.05, 0) is 25.0 Å². The maximum absolute atomic E-state index is 11.3. The van der Waals surface area contributed by atoms with E-state index in [0.717, 1.165) is 27.8 Å². The molecule has 0 saturated carbocycles. The van der Waals surface area contributed by atoms with Crippen LogP contribution in [0, 0.1) is 6.92 Å². The van der Waals surface area contributed by atoms with E-state index in [9.17, 15) is 9.90 Å². The van der Waals surface area contributed by atoms with Gasteiger partial charge in [0.25, 0.3) is 0 Å². The number of primary amides is 1.